The van der Waals surface area contributed by atoms with E-state index in [1.54, 1.807) is 0 Å². The van der Waals surface area contributed by atoms with Gasteiger partial charge >= 0.3 is 12.1 Å². The van der Waals surface area contributed by atoms with E-state index in [0.29, 0.717) is 6.42 Å². The van der Waals surface area contributed by atoms with Crippen molar-refractivity contribution in [3.05, 3.63) is 0 Å². The molecule has 0 aromatic rings. The highest BCUT2D eigenvalue weighted by molar-refractivity contribution is 5.78. The number of cyclic esters (lactones) is 2. The van der Waals surface area contributed by atoms with Crippen molar-refractivity contribution in [2.45, 2.75) is 12.5 Å². The molecule has 5 nitrogen and oxygen atoms in total. The molecule has 0 spiro atoms. The number of esters is 1. The number of carbonyl (C=O) groups excluding carboxylic acids is 2. The molecular weight excluding hydrogens is 176 g/mol. The molecule has 0 aromatic carbocycles. The third-order valence-electron chi connectivity index (χ3n) is 1.40. The lowest BCUT2D eigenvalue weighted by molar-refractivity contribution is -0.157. The summed E-state index contributed by atoms with van der Waals surface area (Å²) in [4.78, 5) is 21.6. The van der Waals surface area contributed by atoms with Crippen LogP contribution in [0.1, 0.15) is 6.42 Å². The second-order valence-electron chi connectivity index (χ2n) is 2.31. The fourth-order valence-electron chi connectivity index (χ4n) is 0.830. The third-order valence-corrected chi connectivity index (χ3v) is 1.40. The van der Waals surface area contributed by atoms with Crippen molar-refractivity contribution in [1.82, 2.24) is 0 Å². The Kier molecular flexibility index (Phi) is 3.15. The average molecular weight is 184 g/mol. The van der Waals surface area contributed by atoms with E-state index in [9.17, 15) is 9.59 Å². The van der Waals surface area contributed by atoms with Gasteiger partial charge in [-0.05, 0) is 0 Å². The van der Waals surface area contributed by atoms with Gasteiger partial charge in [-0.3, -0.25) is 0 Å². The van der Waals surface area contributed by atoms with E-state index in [0.717, 1.165) is 0 Å². The van der Waals surface area contributed by atoms with Gasteiger partial charge in [0.2, 0.25) is 6.10 Å². The van der Waals surface area contributed by atoms with Crippen LogP contribution < -0.4 is 0 Å². The van der Waals surface area contributed by atoms with Crippen LogP contribution in [0, 0.1) is 12.3 Å². The maximum Gasteiger partial charge on any atom is 0.509 e. The van der Waals surface area contributed by atoms with Crippen LogP contribution in [0.25, 0.3) is 0 Å². The summed E-state index contributed by atoms with van der Waals surface area (Å²) >= 11 is 0. The highest BCUT2D eigenvalue weighted by atomic mass is 16.7. The minimum absolute atomic E-state index is 0.117. The lowest BCUT2D eigenvalue weighted by Gasteiger charge is -2.19. The first kappa shape index (κ1) is 9.39. The summed E-state index contributed by atoms with van der Waals surface area (Å²) in [6, 6.07) is 0. The Morgan fingerprint density at radius 1 is 1.77 bits per heavy atom. The van der Waals surface area contributed by atoms with Crippen molar-refractivity contribution in [1.29, 1.82) is 0 Å². The minimum Gasteiger partial charge on any atom is -0.450 e. The standard InChI is InChI=1S/C8H8O5/c1-2-4-11-7(9)6-3-5-12-8(10)13-6/h1,6H,3-5H2. The van der Waals surface area contributed by atoms with Crippen molar-refractivity contribution in [3.8, 4) is 12.3 Å². The zero-order valence-electron chi connectivity index (χ0n) is 6.82. The van der Waals surface area contributed by atoms with Crippen molar-refractivity contribution in [2.75, 3.05) is 13.2 Å². The molecule has 0 saturated carbocycles. The van der Waals surface area contributed by atoms with Crippen molar-refractivity contribution >= 4 is 12.1 Å². The molecule has 0 bridgehead atoms. The summed E-state index contributed by atoms with van der Waals surface area (Å²) < 4.78 is 13.6. The summed E-state index contributed by atoms with van der Waals surface area (Å²) in [5.41, 5.74) is 0. The molecular formula is C8H8O5. The van der Waals surface area contributed by atoms with Crippen LogP contribution in [-0.4, -0.2) is 31.4 Å². The van der Waals surface area contributed by atoms with Gasteiger partial charge in [-0.1, -0.05) is 5.92 Å². The van der Waals surface area contributed by atoms with Gasteiger partial charge in [0.15, 0.2) is 6.61 Å². The lowest BCUT2D eigenvalue weighted by Crippen LogP contribution is -2.35. The second-order valence-corrected chi connectivity index (χ2v) is 2.31. The van der Waals surface area contributed by atoms with E-state index >= 15 is 0 Å². The Labute approximate surface area is 75.0 Å². The molecule has 1 fully saturated rings. The van der Waals surface area contributed by atoms with Gasteiger partial charge in [0.25, 0.3) is 0 Å². The number of hydrogen-bond acceptors (Lipinski definition) is 5. The third kappa shape index (κ3) is 2.67. The van der Waals surface area contributed by atoms with Gasteiger partial charge in [0, 0.05) is 6.42 Å². The predicted octanol–water partition coefficient (Wildman–Crippen LogP) is 0.0883. The zero-order valence-corrected chi connectivity index (χ0v) is 6.82. The van der Waals surface area contributed by atoms with Crippen LogP contribution in [0.2, 0.25) is 0 Å². The van der Waals surface area contributed by atoms with Crippen LogP contribution >= 0.6 is 0 Å². The smallest absolute Gasteiger partial charge is 0.450 e. The molecule has 1 saturated heterocycles. The van der Waals surface area contributed by atoms with Gasteiger partial charge in [0.1, 0.15) is 0 Å². The first-order chi connectivity index (χ1) is 6.24. The van der Waals surface area contributed by atoms with Gasteiger partial charge < -0.3 is 14.2 Å². The first-order valence-electron chi connectivity index (χ1n) is 3.67. The Balaban J connectivity index is 2.38. The van der Waals surface area contributed by atoms with Crippen LogP contribution in [-0.2, 0) is 19.0 Å². The van der Waals surface area contributed by atoms with Crippen molar-refractivity contribution < 1.29 is 23.8 Å². The molecule has 1 aliphatic heterocycles. The van der Waals surface area contributed by atoms with Crippen LogP contribution in [0.5, 0.6) is 0 Å². The summed E-state index contributed by atoms with van der Waals surface area (Å²) in [6.45, 7) is 0.0440. The van der Waals surface area contributed by atoms with E-state index in [-0.39, 0.29) is 13.2 Å². The molecule has 5 heteroatoms. The van der Waals surface area contributed by atoms with E-state index in [2.05, 4.69) is 20.1 Å². The number of hydrogen-bond donors (Lipinski definition) is 0. The molecule has 70 valence electrons. The van der Waals surface area contributed by atoms with Crippen molar-refractivity contribution in [3.63, 3.8) is 0 Å². The monoisotopic (exact) mass is 184 g/mol. The van der Waals surface area contributed by atoms with Crippen LogP contribution in [0.15, 0.2) is 0 Å². The summed E-state index contributed by atoms with van der Waals surface area (Å²) in [6.07, 6.45) is 3.44. The molecule has 1 aliphatic rings. The molecule has 0 radical (unpaired) electrons. The fraction of sp³-hybridized carbons (Fsp3) is 0.500. The highest BCUT2D eigenvalue weighted by Gasteiger charge is 2.29. The Morgan fingerprint density at radius 3 is 3.15 bits per heavy atom. The molecule has 0 aromatic heterocycles. The second kappa shape index (κ2) is 4.36. The maximum absolute atomic E-state index is 11.1. The Bertz CT molecular complexity index is 252. The maximum atomic E-state index is 11.1. The number of rotatable bonds is 2. The molecule has 1 heterocycles. The first-order valence-corrected chi connectivity index (χ1v) is 3.67. The predicted molar refractivity (Wildman–Crippen MR) is 40.6 cm³/mol. The average Bonchev–Trinajstić information content (AvgIpc) is 2.14. The topological polar surface area (TPSA) is 61.8 Å². The SMILES string of the molecule is C#CCOC(=O)C1CCOC(=O)O1. The van der Waals surface area contributed by atoms with Gasteiger partial charge in [-0.15, -0.1) is 6.42 Å². The van der Waals surface area contributed by atoms with E-state index in [1.807, 2.05) is 0 Å². The Hall–Kier alpha value is -1.70. The normalized spacial score (nSPS) is 20.8. The zero-order chi connectivity index (χ0) is 9.68. The van der Waals surface area contributed by atoms with E-state index in [1.165, 1.54) is 0 Å². The largest absolute Gasteiger partial charge is 0.509 e. The van der Waals surface area contributed by atoms with Crippen LogP contribution in [0.4, 0.5) is 4.79 Å². The highest BCUT2D eigenvalue weighted by Crippen LogP contribution is 2.09. The number of terminal acetylenes is 1. The van der Waals surface area contributed by atoms with Crippen molar-refractivity contribution in [2.24, 2.45) is 0 Å². The molecule has 1 unspecified atom stereocenters. The lowest BCUT2D eigenvalue weighted by atomic mass is 10.2. The van der Waals surface area contributed by atoms with Gasteiger partial charge in [-0.2, -0.15) is 0 Å². The van der Waals surface area contributed by atoms with Gasteiger partial charge in [-0.25, -0.2) is 9.59 Å². The van der Waals surface area contributed by atoms with E-state index < -0.39 is 18.2 Å². The fourth-order valence-corrected chi connectivity index (χ4v) is 0.830. The minimum atomic E-state index is -0.880. The summed E-state index contributed by atoms with van der Waals surface area (Å²) in [5.74, 6) is 1.50. The summed E-state index contributed by atoms with van der Waals surface area (Å²) in [7, 11) is 0. The number of ether oxygens (including phenoxy) is 3. The van der Waals surface area contributed by atoms with Crippen LogP contribution in [0.3, 0.4) is 0 Å². The molecule has 0 amide bonds. The summed E-state index contributed by atoms with van der Waals surface area (Å²) in [5, 5.41) is 0. The molecule has 13 heavy (non-hydrogen) atoms. The molecule has 1 rings (SSSR count). The quantitative estimate of drug-likeness (QED) is 0.449. The number of carbonyl (C=O) groups is 2. The molecule has 0 N–H and O–H groups in total. The molecule has 0 aliphatic carbocycles. The molecule has 1 atom stereocenters. The Morgan fingerprint density at radius 2 is 2.54 bits per heavy atom. The van der Waals surface area contributed by atoms with Gasteiger partial charge in [0.05, 0.1) is 6.61 Å². The van der Waals surface area contributed by atoms with E-state index in [4.69, 9.17) is 6.42 Å².